The maximum absolute atomic E-state index is 13.2. The second-order valence-electron chi connectivity index (χ2n) is 7.95. The van der Waals surface area contributed by atoms with Crippen LogP contribution in [-0.4, -0.2) is 39.5 Å². The van der Waals surface area contributed by atoms with Gasteiger partial charge in [-0.1, -0.05) is 0 Å². The van der Waals surface area contributed by atoms with E-state index in [1.807, 2.05) is 6.07 Å². The lowest BCUT2D eigenvalue weighted by Crippen LogP contribution is -2.41. The number of aryl methyl sites for hydroxylation is 2. The number of benzene rings is 1. The fourth-order valence-corrected chi connectivity index (χ4v) is 5.05. The van der Waals surface area contributed by atoms with Crippen molar-refractivity contribution in [3.8, 4) is 6.07 Å². The molecule has 12 heteroatoms. The van der Waals surface area contributed by atoms with E-state index in [4.69, 9.17) is 5.26 Å². The molecule has 0 spiro atoms. The van der Waals surface area contributed by atoms with Crippen LogP contribution in [0.25, 0.3) is 10.9 Å². The van der Waals surface area contributed by atoms with Gasteiger partial charge in [0, 0.05) is 25.4 Å². The lowest BCUT2D eigenvalue weighted by molar-refractivity contribution is 0.393. The van der Waals surface area contributed by atoms with E-state index in [9.17, 15) is 22.4 Å². The molecule has 0 aliphatic heterocycles. The number of hydrogen-bond donors (Lipinski definition) is 1. The summed E-state index contributed by atoms with van der Waals surface area (Å²) in [5, 5.41) is 13.0. The lowest BCUT2D eigenvalue weighted by Gasteiger charge is -2.16. The van der Waals surface area contributed by atoms with Crippen molar-refractivity contribution in [3.63, 3.8) is 0 Å². The molecule has 168 valence electrons. The van der Waals surface area contributed by atoms with Gasteiger partial charge in [0.2, 0.25) is 10.0 Å². The third kappa shape index (κ3) is 3.96. The number of rotatable bonds is 8. The fourth-order valence-electron chi connectivity index (χ4n) is 3.58. The van der Waals surface area contributed by atoms with Gasteiger partial charge in [-0.2, -0.15) is 10.4 Å². The second kappa shape index (κ2) is 7.99. The minimum Gasteiger partial charge on any atom is -0.292 e. The van der Waals surface area contributed by atoms with Crippen LogP contribution in [0.1, 0.15) is 24.8 Å². The van der Waals surface area contributed by atoms with E-state index in [1.165, 1.54) is 33.6 Å². The van der Waals surface area contributed by atoms with Crippen LogP contribution < -0.4 is 16.0 Å². The minimum atomic E-state index is -4.08. The molecule has 0 radical (unpaired) electrons. The number of fused-ring (bicyclic) bond motifs is 1. The number of nitrogens with one attached hydrogen (secondary N) is 1. The average Bonchev–Trinajstić information content (AvgIpc) is 3.41. The zero-order chi connectivity index (χ0) is 23.1. The van der Waals surface area contributed by atoms with Crippen molar-refractivity contribution in [2.75, 3.05) is 6.67 Å². The smallest absolute Gasteiger partial charge is 0.292 e. The van der Waals surface area contributed by atoms with Gasteiger partial charge in [-0.3, -0.25) is 18.6 Å². The van der Waals surface area contributed by atoms with E-state index in [1.54, 1.807) is 13.2 Å². The summed E-state index contributed by atoms with van der Waals surface area (Å²) in [7, 11) is -2.37. The molecule has 10 nitrogen and oxygen atoms in total. The molecule has 1 fully saturated rings. The molecule has 1 aliphatic rings. The molecule has 2 aromatic heterocycles. The van der Waals surface area contributed by atoms with Gasteiger partial charge in [0.05, 0.1) is 46.6 Å². The Bertz CT molecular complexity index is 1460. The molecule has 1 N–H and O–H groups in total. The Labute approximate surface area is 182 Å². The van der Waals surface area contributed by atoms with Crippen molar-refractivity contribution in [2.24, 2.45) is 7.05 Å². The first-order valence-corrected chi connectivity index (χ1v) is 11.4. The van der Waals surface area contributed by atoms with Crippen molar-refractivity contribution in [2.45, 2.75) is 42.8 Å². The van der Waals surface area contributed by atoms with Gasteiger partial charge in [-0.15, -0.1) is 0 Å². The highest BCUT2D eigenvalue weighted by Gasteiger charge is 2.46. The zero-order valence-corrected chi connectivity index (χ0v) is 18.1. The Kier molecular flexibility index (Phi) is 5.47. The molecule has 0 atom stereocenters. The van der Waals surface area contributed by atoms with Crippen LogP contribution in [0.4, 0.5) is 4.39 Å². The number of hydrogen-bond acceptors (Lipinski definition) is 6. The molecule has 0 bridgehead atoms. The summed E-state index contributed by atoms with van der Waals surface area (Å²) in [6.45, 7) is -0.839. The van der Waals surface area contributed by atoms with Crippen LogP contribution in [-0.2, 0) is 30.2 Å². The van der Waals surface area contributed by atoms with Gasteiger partial charge in [0.25, 0.3) is 5.56 Å². The fraction of sp³-hybridized carbons (Fsp3) is 0.400. The summed E-state index contributed by atoms with van der Waals surface area (Å²) in [6.07, 6.45) is 4.02. The molecule has 0 unspecified atom stereocenters. The summed E-state index contributed by atoms with van der Waals surface area (Å²) in [6, 6.07) is 5.80. The van der Waals surface area contributed by atoms with Gasteiger partial charge in [0.1, 0.15) is 6.67 Å². The Balaban J connectivity index is 1.88. The molecule has 0 amide bonds. The van der Waals surface area contributed by atoms with Crippen LogP contribution in [0.15, 0.2) is 45.1 Å². The number of alkyl halides is 1. The molecule has 3 aromatic rings. The van der Waals surface area contributed by atoms with Crippen LogP contribution in [0, 0.1) is 11.3 Å². The third-order valence-corrected chi connectivity index (χ3v) is 7.09. The molecule has 1 saturated carbocycles. The highest BCUT2D eigenvalue weighted by atomic mass is 32.2. The van der Waals surface area contributed by atoms with Crippen LogP contribution in [0.3, 0.4) is 0 Å². The first-order chi connectivity index (χ1) is 15.2. The summed E-state index contributed by atoms with van der Waals surface area (Å²) in [4.78, 5) is 26.1. The van der Waals surface area contributed by atoms with Crippen molar-refractivity contribution in [1.29, 1.82) is 5.26 Å². The Morgan fingerprint density at radius 1 is 1.28 bits per heavy atom. The minimum absolute atomic E-state index is 0.0133. The molecular weight excluding hydrogens is 439 g/mol. The molecular formula is C20H21FN6O4S. The van der Waals surface area contributed by atoms with Crippen molar-refractivity contribution >= 4 is 20.9 Å². The zero-order valence-electron chi connectivity index (χ0n) is 17.3. The standard InChI is InChI=1S/C20H21FN6O4S/c1-25-11-14(10-23-25)12-27-18(28)16-9-15(32(30,31)24-20(13-21)5-6-20)3-4-17(16)26(19(27)29)8-2-7-22/h3-4,9-11,24H,2,5-6,8,12-13H2,1H3. The summed E-state index contributed by atoms with van der Waals surface area (Å²) >= 11 is 0. The van der Waals surface area contributed by atoms with Crippen molar-refractivity contribution in [1.82, 2.24) is 23.6 Å². The summed E-state index contributed by atoms with van der Waals surface area (Å²) in [5.41, 5.74) is -1.51. The van der Waals surface area contributed by atoms with Gasteiger partial charge < -0.3 is 0 Å². The average molecular weight is 460 g/mol. The van der Waals surface area contributed by atoms with E-state index in [-0.39, 0.29) is 35.3 Å². The monoisotopic (exact) mass is 460 g/mol. The quantitative estimate of drug-likeness (QED) is 0.525. The summed E-state index contributed by atoms with van der Waals surface area (Å²) < 4.78 is 45.0. The highest BCUT2D eigenvalue weighted by Crippen LogP contribution is 2.37. The maximum atomic E-state index is 13.2. The molecule has 1 aliphatic carbocycles. The largest absolute Gasteiger partial charge is 0.331 e. The van der Waals surface area contributed by atoms with E-state index >= 15 is 0 Å². The number of halogens is 1. The lowest BCUT2D eigenvalue weighted by atomic mass is 10.2. The van der Waals surface area contributed by atoms with Gasteiger partial charge in [0.15, 0.2) is 0 Å². The van der Waals surface area contributed by atoms with Crippen LogP contribution in [0.2, 0.25) is 0 Å². The first-order valence-electron chi connectivity index (χ1n) is 9.91. The van der Waals surface area contributed by atoms with Crippen LogP contribution >= 0.6 is 0 Å². The molecule has 1 aromatic carbocycles. The highest BCUT2D eigenvalue weighted by molar-refractivity contribution is 7.89. The number of aromatic nitrogens is 4. The number of sulfonamides is 1. The van der Waals surface area contributed by atoms with E-state index in [0.717, 1.165) is 4.57 Å². The Morgan fingerprint density at radius 2 is 2.03 bits per heavy atom. The third-order valence-electron chi connectivity index (χ3n) is 5.51. The molecule has 32 heavy (non-hydrogen) atoms. The number of nitrogens with zero attached hydrogens (tertiary/aromatic N) is 5. The van der Waals surface area contributed by atoms with Crippen molar-refractivity contribution in [3.05, 3.63) is 57.0 Å². The van der Waals surface area contributed by atoms with Gasteiger partial charge in [-0.05, 0) is 31.0 Å². The predicted octanol–water partition coefficient (Wildman–Crippen LogP) is 0.639. The first kappa shape index (κ1) is 21.9. The molecule has 4 rings (SSSR count). The Hall–Kier alpha value is -3.30. The SMILES string of the molecule is Cn1cc(Cn2c(=O)c3cc(S(=O)(=O)NC4(CF)CC4)ccc3n(CCC#N)c2=O)cn1. The topological polar surface area (TPSA) is 132 Å². The number of nitriles is 1. The summed E-state index contributed by atoms with van der Waals surface area (Å²) in [5.74, 6) is 0. The van der Waals surface area contributed by atoms with Crippen LogP contribution in [0.5, 0.6) is 0 Å². The molecule has 2 heterocycles. The van der Waals surface area contributed by atoms with E-state index in [2.05, 4.69) is 9.82 Å². The Morgan fingerprint density at radius 3 is 2.62 bits per heavy atom. The van der Waals surface area contributed by atoms with Gasteiger partial charge in [-0.25, -0.2) is 22.3 Å². The second-order valence-corrected chi connectivity index (χ2v) is 9.64. The van der Waals surface area contributed by atoms with E-state index < -0.39 is 33.5 Å². The van der Waals surface area contributed by atoms with Gasteiger partial charge >= 0.3 is 5.69 Å². The predicted molar refractivity (Wildman–Crippen MR) is 113 cm³/mol. The molecule has 0 saturated heterocycles. The van der Waals surface area contributed by atoms with E-state index in [0.29, 0.717) is 18.4 Å². The maximum Gasteiger partial charge on any atom is 0.331 e. The normalized spacial score (nSPS) is 15.0. The van der Waals surface area contributed by atoms with Crippen molar-refractivity contribution < 1.29 is 12.8 Å².